The van der Waals surface area contributed by atoms with Crippen LogP contribution in [0, 0.1) is 5.92 Å². The van der Waals surface area contributed by atoms with Crippen molar-refractivity contribution in [3.63, 3.8) is 0 Å². The van der Waals surface area contributed by atoms with Gasteiger partial charge in [-0.2, -0.15) is 0 Å². The Morgan fingerprint density at radius 2 is 2.08 bits per heavy atom. The summed E-state index contributed by atoms with van der Waals surface area (Å²) >= 11 is 0. The van der Waals surface area contributed by atoms with Crippen molar-refractivity contribution in [1.29, 1.82) is 0 Å². The van der Waals surface area contributed by atoms with Crippen molar-refractivity contribution in [3.8, 4) is 0 Å². The van der Waals surface area contributed by atoms with Crippen molar-refractivity contribution in [3.05, 3.63) is 0 Å². The Bertz CT molecular complexity index is 120. The summed E-state index contributed by atoms with van der Waals surface area (Å²) in [7, 11) is 4.77. The molecule has 1 atom stereocenters. The van der Waals surface area contributed by atoms with Crippen LogP contribution in [0.1, 0.15) is 39.5 Å². The third-order valence-corrected chi connectivity index (χ3v) is 1.85. The molecular formula is C8H18BBiO2. The number of carbonyl (C=O) groups is 1. The van der Waals surface area contributed by atoms with E-state index < -0.39 is 0 Å². The molecule has 0 saturated heterocycles. The van der Waals surface area contributed by atoms with Crippen LogP contribution in [-0.4, -0.2) is 40.2 Å². The van der Waals surface area contributed by atoms with Gasteiger partial charge in [0.25, 0.3) is 5.97 Å². The number of rotatable bonds is 5. The molecule has 0 aliphatic rings. The minimum atomic E-state index is -0.277. The summed E-state index contributed by atoms with van der Waals surface area (Å²) in [5.41, 5.74) is 0. The fourth-order valence-corrected chi connectivity index (χ4v) is 1.04. The Hall–Kier alpha value is 0.418. The average molecular weight is 366 g/mol. The van der Waals surface area contributed by atoms with Crippen molar-refractivity contribution >= 4 is 40.2 Å². The quantitative estimate of drug-likeness (QED) is 0.668. The van der Waals surface area contributed by atoms with E-state index in [2.05, 4.69) is 11.6 Å². The monoisotopic (exact) mass is 366 g/mol. The van der Waals surface area contributed by atoms with Crippen molar-refractivity contribution in [1.82, 2.24) is 0 Å². The Balaban J connectivity index is 0. The van der Waals surface area contributed by atoms with E-state index in [1.54, 1.807) is 0 Å². The molecule has 0 heterocycles. The molecule has 0 aliphatic carbocycles. The van der Waals surface area contributed by atoms with Gasteiger partial charge in [-0.1, -0.05) is 26.7 Å². The standard InChI is InChI=1S/C8H15BO2.Bi.3H/c1-3-5-6-7(4-2)8(10)11-9;;;;/h7H,3-6H2,1-2H3;;;;. The Kier molecular flexibility index (Phi) is 11.8. The molecule has 12 heavy (non-hydrogen) atoms. The van der Waals surface area contributed by atoms with E-state index in [1.807, 2.05) is 6.92 Å². The Morgan fingerprint density at radius 3 is 2.42 bits per heavy atom. The van der Waals surface area contributed by atoms with E-state index >= 15 is 0 Å². The van der Waals surface area contributed by atoms with Crippen LogP contribution in [0.5, 0.6) is 0 Å². The molecule has 0 aliphatic heterocycles. The summed E-state index contributed by atoms with van der Waals surface area (Å²) in [5.74, 6) is -0.277. The van der Waals surface area contributed by atoms with Crippen molar-refractivity contribution in [2.75, 3.05) is 0 Å². The molecule has 0 saturated carbocycles. The molecule has 0 amide bonds. The molecule has 0 spiro atoms. The van der Waals surface area contributed by atoms with Gasteiger partial charge < -0.3 is 4.65 Å². The van der Waals surface area contributed by atoms with Gasteiger partial charge in [0.05, 0.1) is 5.92 Å². The third kappa shape index (κ3) is 5.99. The first kappa shape index (κ1) is 14.9. The predicted molar refractivity (Wildman–Crippen MR) is 55.1 cm³/mol. The van der Waals surface area contributed by atoms with Crippen LogP contribution in [0.4, 0.5) is 0 Å². The second-order valence-electron chi connectivity index (χ2n) is 2.68. The molecule has 0 bridgehead atoms. The first-order chi connectivity index (χ1) is 5.26. The molecular weight excluding hydrogens is 348 g/mol. The molecule has 0 aromatic carbocycles. The van der Waals surface area contributed by atoms with Crippen molar-refractivity contribution in [2.45, 2.75) is 39.5 Å². The van der Waals surface area contributed by atoms with Gasteiger partial charge in [-0.3, -0.25) is 4.79 Å². The zero-order valence-electron chi connectivity index (χ0n) is 8.01. The topological polar surface area (TPSA) is 26.3 Å². The first-order valence-electron chi connectivity index (χ1n) is 4.16. The van der Waals surface area contributed by atoms with Gasteiger partial charge in [0.1, 0.15) is 0 Å². The average Bonchev–Trinajstić information content (AvgIpc) is 2.05. The molecule has 0 aromatic rings. The van der Waals surface area contributed by atoms with Gasteiger partial charge in [-0.25, -0.2) is 0 Å². The van der Waals surface area contributed by atoms with E-state index in [9.17, 15) is 4.79 Å². The maximum absolute atomic E-state index is 10.9. The molecule has 0 N–H and O–H groups in total. The normalized spacial score (nSPS) is 11.5. The number of hydrogen-bond acceptors (Lipinski definition) is 2. The number of carbonyl (C=O) groups excluding carboxylic acids is 1. The molecule has 4 heteroatoms. The van der Waals surface area contributed by atoms with Gasteiger partial charge >= 0.3 is 34.3 Å². The molecule has 70 valence electrons. The maximum atomic E-state index is 10.9. The Labute approximate surface area is 95.0 Å². The molecule has 1 unspecified atom stereocenters. The minimum absolute atomic E-state index is 0. The van der Waals surface area contributed by atoms with E-state index in [-0.39, 0.29) is 38.1 Å². The van der Waals surface area contributed by atoms with Crippen LogP contribution in [-0.2, 0) is 9.45 Å². The molecule has 2 radical (unpaired) electrons. The van der Waals surface area contributed by atoms with Crippen LogP contribution < -0.4 is 0 Å². The number of unbranched alkanes of at least 4 members (excludes halogenated alkanes) is 1. The fourth-order valence-electron chi connectivity index (χ4n) is 1.04. The third-order valence-electron chi connectivity index (χ3n) is 1.85. The zero-order chi connectivity index (χ0) is 8.69. The van der Waals surface area contributed by atoms with Crippen molar-refractivity contribution in [2.24, 2.45) is 5.92 Å². The summed E-state index contributed by atoms with van der Waals surface area (Å²) in [6.07, 6.45) is 3.88. The molecule has 2 nitrogen and oxygen atoms in total. The van der Waals surface area contributed by atoms with Crippen LogP contribution in [0.3, 0.4) is 0 Å². The molecule has 0 aromatic heterocycles. The summed E-state index contributed by atoms with van der Waals surface area (Å²) in [5, 5.41) is 0. The number of hydrogen-bond donors (Lipinski definition) is 0. The summed E-state index contributed by atoms with van der Waals surface area (Å²) in [6.45, 7) is 4.07. The second-order valence-corrected chi connectivity index (χ2v) is 2.68. The SMILES string of the molecule is [B]OC(=O)C(CC)CCCC.[BiH3]. The summed E-state index contributed by atoms with van der Waals surface area (Å²) in [4.78, 5) is 10.9. The molecule has 0 fully saturated rings. The fraction of sp³-hybridized carbons (Fsp3) is 0.875. The second kappa shape index (κ2) is 9.51. The van der Waals surface area contributed by atoms with E-state index in [0.29, 0.717) is 0 Å². The molecule has 0 rings (SSSR count). The zero-order valence-corrected chi connectivity index (χ0v) is 13.5. The van der Waals surface area contributed by atoms with Gasteiger partial charge in [0.15, 0.2) is 0 Å². The van der Waals surface area contributed by atoms with Crippen LogP contribution in [0.25, 0.3) is 0 Å². The van der Waals surface area contributed by atoms with Crippen LogP contribution in [0.15, 0.2) is 0 Å². The van der Waals surface area contributed by atoms with E-state index in [0.717, 1.165) is 25.7 Å². The predicted octanol–water partition coefficient (Wildman–Crippen LogP) is 0.646. The van der Waals surface area contributed by atoms with Gasteiger partial charge in [0.2, 0.25) is 0 Å². The summed E-state index contributed by atoms with van der Waals surface area (Å²) < 4.78 is 4.16. The van der Waals surface area contributed by atoms with Gasteiger partial charge in [-0.15, -0.1) is 0 Å². The Morgan fingerprint density at radius 1 is 1.50 bits per heavy atom. The van der Waals surface area contributed by atoms with Crippen LogP contribution >= 0.6 is 0 Å². The first-order valence-corrected chi connectivity index (χ1v) is 4.16. The van der Waals surface area contributed by atoms with E-state index in [4.69, 9.17) is 8.05 Å². The van der Waals surface area contributed by atoms with Gasteiger partial charge in [0, 0.05) is 0 Å². The van der Waals surface area contributed by atoms with Crippen molar-refractivity contribution < 1.29 is 9.45 Å². The van der Waals surface area contributed by atoms with E-state index in [1.165, 1.54) is 0 Å². The van der Waals surface area contributed by atoms with Crippen LogP contribution in [0.2, 0.25) is 0 Å². The van der Waals surface area contributed by atoms with Gasteiger partial charge in [-0.05, 0) is 12.8 Å². The summed E-state index contributed by atoms with van der Waals surface area (Å²) in [6, 6.07) is 0.